The summed E-state index contributed by atoms with van der Waals surface area (Å²) in [6.07, 6.45) is 1.66. The van der Waals surface area contributed by atoms with Gasteiger partial charge in [0, 0.05) is 17.8 Å². The molecule has 0 fully saturated rings. The minimum absolute atomic E-state index is 0.347. The molecule has 0 saturated carbocycles. The van der Waals surface area contributed by atoms with E-state index in [4.69, 9.17) is 0 Å². The van der Waals surface area contributed by atoms with Crippen molar-refractivity contribution in [2.75, 3.05) is 14.1 Å². The number of nitrogens with zero attached hydrogens (tertiary/aromatic N) is 2. The topological polar surface area (TPSA) is 36.4 Å². The van der Waals surface area contributed by atoms with Crippen molar-refractivity contribution in [3.63, 3.8) is 0 Å². The summed E-state index contributed by atoms with van der Waals surface area (Å²) in [5, 5.41) is 10.4. The third kappa shape index (κ3) is 3.81. The van der Waals surface area contributed by atoms with Crippen LogP contribution in [-0.4, -0.2) is 29.1 Å². The SMILES string of the molecule is Cc1cc(CN(C)C)c(O)c(CCc2ccccc2)n1. The lowest BCUT2D eigenvalue weighted by Gasteiger charge is -2.14. The van der Waals surface area contributed by atoms with Gasteiger partial charge in [0.2, 0.25) is 0 Å². The van der Waals surface area contributed by atoms with E-state index in [1.54, 1.807) is 0 Å². The number of aromatic hydroxyl groups is 1. The average Bonchev–Trinajstić information content (AvgIpc) is 2.41. The van der Waals surface area contributed by atoms with Gasteiger partial charge in [0.15, 0.2) is 0 Å². The summed E-state index contributed by atoms with van der Waals surface area (Å²) in [7, 11) is 4.00. The molecule has 0 radical (unpaired) electrons. The van der Waals surface area contributed by atoms with E-state index in [1.807, 2.05) is 45.3 Å². The first-order valence-corrected chi connectivity index (χ1v) is 6.93. The highest BCUT2D eigenvalue weighted by molar-refractivity contribution is 5.38. The number of hydrogen-bond donors (Lipinski definition) is 1. The normalized spacial score (nSPS) is 11.0. The lowest BCUT2D eigenvalue weighted by molar-refractivity contribution is 0.382. The number of aryl methyl sites for hydroxylation is 3. The molecule has 3 heteroatoms. The van der Waals surface area contributed by atoms with Crippen LogP contribution in [0.15, 0.2) is 36.4 Å². The maximum Gasteiger partial charge on any atom is 0.141 e. The highest BCUT2D eigenvalue weighted by Crippen LogP contribution is 2.24. The molecule has 20 heavy (non-hydrogen) atoms. The Kier molecular flexibility index (Phi) is 4.74. The summed E-state index contributed by atoms with van der Waals surface area (Å²) in [6, 6.07) is 12.3. The van der Waals surface area contributed by atoms with E-state index in [0.717, 1.165) is 36.3 Å². The first-order valence-electron chi connectivity index (χ1n) is 6.93. The van der Waals surface area contributed by atoms with Gasteiger partial charge in [0.25, 0.3) is 0 Å². The predicted molar refractivity (Wildman–Crippen MR) is 81.9 cm³/mol. The Morgan fingerprint density at radius 2 is 1.80 bits per heavy atom. The van der Waals surface area contributed by atoms with E-state index in [1.165, 1.54) is 5.56 Å². The molecular weight excluding hydrogens is 248 g/mol. The minimum Gasteiger partial charge on any atom is -0.506 e. The minimum atomic E-state index is 0.347. The molecule has 1 aromatic heterocycles. The molecule has 0 aliphatic heterocycles. The third-order valence-corrected chi connectivity index (χ3v) is 3.25. The van der Waals surface area contributed by atoms with E-state index in [9.17, 15) is 5.11 Å². The van der Waals surface area contributed by atoms with Crippen LogP contribution in [0.5, 0.6) is 5.75 Å². The fourth-order valence-electron chi connectivity index (χ4n) is 2.35. The molecule has 0 aliphatic rings. The van der Waals surface area contributed by atoms with E-state index >= 15 is 0 Å². The van der Waals surface area contributed by atoms with E-state index in [0.29, 0.717) is 5.75 Å². The molecule has 0 aliphatic carbocycles. The number of rotatable bonds is 5. The van der Waals surface area contributed by atoms with Crippen molar-refractivity contribution in [3.05, 3.63) is 58.9 Å². The quantitative estimate of drug-likeness (QED) is 0.907. The monoisotopic (exact) mass is 270 g/mol. The smallest absolute Gasteiger partial charge is 0.141 e. The Morgan fingerprint density at radius 3 is 2.45 bits per heavy atom. The fraction of sp³-hybridized carbons (Fsp3) is 0.353. The van der Waals surface area contributed by atoms with Crippen molar-refractivity contribution >= 4 is 0 Å². The average molecular weight is 270 g/mol. The number of hydrogen-bond acceptors (Lipinski definition) is 3. The molecule has 1 heterocycles. The molecule has 2 rings (SSSR count). The van der Waals surface area contributed by atoms with E-state index in [2.05, 4.69) is 22.0 Å². The van der Waals surface area contributed by atoms with E-state index < -0.39 is 0 Å². The predicted octanol–water partition coefficient (Wildman–Crippen LogP) is 2.94. The summed E-state index contributed by atoms with van der Waals surface area (Å²) in [4.78, 5) is 6.54. The molecule has 0 saturated heterocycles. The fourth-order valence-corrected chi connectivity index (χ4v) is 2.35. The van der Waals surface area contributed by atoms with Crippen LogP contribution in [-0.2, 0) is 19.4 Å². The van der Waals surface area contributed by atoms with Gasteiger partial charge in [-0.05, 0) is 45.5 Å². The Hall–Kier alpha value is -1.87. The summed E-state index contributed by atoms with van der Waals surface area (Å²) in [5.41, 5.74) is 3.98. The van der Waals surface area contributed by atoms with Crippen LogP contribution in [0.4, 0.5) is 0 Å². The second kappa shape index (κ2) is 6.53. The van der Waals surface area contributed by atoms with Gasteiger partial charge in [-0.15, -0.1) is 0 Å². The van der Waals surface area contributed by atoms with Crippen molar-refractivity contribution in [2.24, 2.45) is 0 Å². The summed E-state index contributed by atoms with van der Waals surface area (Å²) in [6.45, 7) is 2.71. The molecule has 3 nitrogen and oxygen atoms in total. The van der Waals surface area contributed by atoms with Crippen LogP contribution < -0.4 is 0 Å². The van der Waals surface area contributed by atoms with Gasteiger partial charge in [-0.1, -0.05) is 30.3 Å². The van der Waals surface area contributed by atoms with Gasteiger partial charge in [0.1, 0.15) is 5.75 Å². The van der Waals surface area contributed by atoms with Crippen molar-refractivity contribution in [1.82, 2.24) is 9.88 Å². The molecule has 0 bridgehead atoms. The Balaban J connectivity index is 2.17. The maximum absolute atomic E-state index is 10.4. The second-order valence-corrected chi connectivity index (χ2v) is 5.44. The van der Waals surface area contributed by atoms with Crippen LogP contribution >= 0.6 is 0 Å². The molecule has 2 aromatic rings. The molecule has 0 unspecified atom stereocenters. The maximum atomic E-state index is 10.4. The van der Waals surface area contributed by atoms with Gasteiger partial charge in [-0.25, -0.2) is 0 Å². The van der Waals surface area contributed by atoms with Crippen LogP contribution in [0, 0.1) is 6.92 Å². The third-order valence-electron chi connectivity index (χ3n) is 3.25. The van der Waals surface area contributed by atoms with Crippen molar-refractivity contribution in [1.29, 1.82) is 0 Å². The highest BCUT2D eigenvalue weighted by atomic mass is 16.3. The molecule has 0 atom stereocenters. The lowest BCUT2D eigenvalue weighted by atomic mass is 10.0. The Bertz CT molecular complexity index is 565. The lowest BCUT2D eigenvalue weighted by Crippen LogP contribution is -2.12. The first kappa shape index (κ1) is 14.5. The summed E-state index contributed by atoms with van der Waals surface area (Å²) in [5.74, 6) is 0.347. The van der Waals surface area contributed by atoms with Crippen LogP contribution in [0.25, 0.3) is 0 Å². The summed E-state index contributed by atoms with van der Waals surface area (Å²) >= 11 is 0. The Labute approximate surface area is 120 Å². The Morgan fingerprint density at radius 1 is 1.10 bits per heavy atom. The first-order chi connectivity index (χ1) is 9.56. The van der Waals surface area contributed by atoms with E-state index in [-0.39, 0.29) is 0 Å². The van der Waals surface area contributed by atoms with Gasteiger partial charge in [-0.2, -0.15) is 0 Å². The van der Waals surface area contributed by atoms with Crippen LogP contribution in [0.2, 0.25) is 0 Å². The zero-order valence-electron chi connectivity index (χ0n) is 12.4. The van der Waals surface area contributed by atoms with Gasteiger partial charge < -0.3 is 10.0 Å². The molecule has 0 spiro atoms. The highest BCUT2D eigenvalue weighted by Gasteiger charge is 2.11. The van der Waals surface area contributed by atoms with Crippen LogP contribution in [0.1, 0.15) is 22.5 Å². The zero-order valence-corrected chi connectivity index (χ0v) is 12.4. The van der Waals surface area contributed by atoms with Crippen molar-refractivity contribution in [2.45, 2.75) is 26.3 Å². The molecule has 0 amide bonds. The van der Waals surface area contributed by atoms with Crippen molar-refractivity contribution in [3.8, 4) is 5.75 Å². The second-order valence-electron chi connectivity index (χ2n) is 5.44. The molecule has 1 N–H and O–H groups in total. The molecule has 106 valence electrons. The molecule has 1 aromatic carbocycles. The number of aromatic nitrogens is 1. The summed E-state index contributed by atoms with van der Waals surface area (Å²) < 4.78 is 0. The standard InChI is InChI=1S/C17H22N2O/c1-13-11-15(12-19(2)3)17(20)16(18-13)10-9-14-7-5-4-6-8-14/h4-8,11,20H,9-10,12H2,1-3H3. The largest absolute Gasteiger partial charge is 0.506 e. The van der Waals surface area contributed by atoms with Gasteiger partial charge >= 0.3 is 0 Å². The number of pyridine rings is 1. The van der Waals surface area contributed by atoms with Gasteiger partial charge in [0.05, 0.1) is 5.69 Å². The van der Waals surface area contributed by atoms with Crippen molar-refractivity contribution < 1.29 is 5.11 Å². The van der Waals surface area contributed by atoms with Crippen LogP contribution in [0.3, 0.4) is 0 Å². The zero-order chi connectivity index (χ0) is 14.5. The number of benzene rings is 1. The molecular formula is C17H22N2O. The van der Waals surface area contributed by atoms with Gasteiger partial charge in [-0.3, -0.25) is 4.98 Å².